The van der Waals surface area contributed by atoms with Crippen molar-refractivity contribution in [2.24, 2.45) is 5.92 Å². The molecule has 0 aliphatic carbocycles. The van der Waals surface area contributed by atoms with Gasteiger partial charge >= 0.3 is 0 Å². The summed E-state index contributed by atoms with van der Waals surface area (Å²) in [5.41, 5.74) is 2.07. The lowest BCUT2D eigenvalue weighted by Gasteiger charge is -2.31. The highest BCUT2D eigenvalue weighted by Crippen LogP contribution is 2.23. The van der Waals surface area contributed by atoms with Gasteiger partial charge < -0.3 is 4.90 Å². The number of likely N-dealkylation sites (tertiary alicyclic amines) is 1. The van der Waals surface area contributed by atoms with E-state index in [9.17, 15) is 13.2 Å². The predicted octanol–water partition coefficient (Wildman–Crippen LogP) is 3.52. The quantitative estimate of drug-likeness (QED) is 0.790. The van der Waals surface area contributed by atoms with Crippen LogP contribution in [-0.2, 0) is 16.6 Å². The first-order valence-electron chi connectivity index (χ1n) is 9.25. The standard InChI is InChI=1S/C21H26N2O3S/c1-17-7-6-14-22(15-17)21(24)19-10-12-20(13-11-19)23(27(2,25)26)16-18-8-4-3-5-9-18/h3-5,8-13,17H,6-7,14-16H2,1-2H3/t17-/m1/s1. The summed E-state index contributed by atoms with van der Waals surface area (Å²) in [6, 6.07) is 16.3. The Kier molecular flexibility index (Phi) is 5.85. The zero-order chi connectivity index (χ0) is 19.4. The maximum Gasteiger partial charge on any atom is 0.253 e. The lowest BCUT2D eigenvalue weighted by Crippen LogP contribution is -2.39. The number of anilines is 1. The van der Waals surface area contributed by atoms with Gasteiger partial charge in [0.25, 0.3) is 5.91 Å². The van der Waals surface area contributed by atoms with E-state index in [4.69, 9.17) is 0 Å². The van der Waals surface area contributed by atoms with Gasteiger partial charge in [0.2, 0.25) is 10.0 Å². The van der Waals surface area contributed by atoms with Gasteiger partial charge in [0.1, 0.15) is 0 Å². The number of nitrogens with zero attached hydrogens (tertiary/aromatic N) is 2. The van der Waals surface area contributed by atoms with E-state index < -0.39 is 10.0 Å². The summed E-state index contributed by atoms with van der Waals surface area (Å²) in [5.74, 6) is 0.538. The Hall–Kier alpha value is -2.34. The van der Waals surface area contributed by atoms with Gasteiger partial charge in [0.05, 0.1) is 18.5 Å². The maximum atomic E-state index is 12.7. The summed E-state index contributed by atoms with van der Waals surface area (Å²) >= 11 is 0. The molecule has 1 aliphatic rings. The Morgan fingerprint density at radius 3 is 2.37 bits per heavy atom. The van der Waals surface area contributed by atoms with E-state index >= 15 is 0 Å². The molecule has 1 amide bonds. The average molecular weight is 387 g/mol. The van der Waals surface area contributed by atoms with Crippen molar-refractivity contribution in [3.8, 4) is 0 Å². The van der Waals surface area contributed by atoms with Crippen LogP contribution in [0.2, 0.25) is 0 Å². The second-order valence-corrected chi connectivity index (χ2v) is 9.21. The van der Waals surface area contributed by atoms with Gasteiger partial charge in [-0.3, -0.25) is 9.10 Å². The molecule has 1 aliphatic heterocycles. The first kappa shape index (κ1) is 19.4. The molecule has 0 unspecified atom stereocenters. The van der Waals surface area contributed by atoms with Crippen LogP contribution in [-0.4, -0.2) is 38.6 Å². The molecule has 2 aromatic rings. The zero-order valence-electron chi connectivity index (χ0n) is 15.8. The monoisotopic (exact) mass is 386 g/mol. The molecule has 1 saturated heterocycles. The van der Waals surface area contributed by atoms with E-state index in [2.05, 4.69) is 6.92 Å². The van der Waals surface area contributed by atoms with Crippen molar-refractivity contribution in [1.82, 2.24) is 4.90 Å². The normalized spacial score (nSPS) is 17.6. The minimum Gasteiger partial charge on any atom is -0.338 e. The minimum atomic E-state index is -3.44. The van der Waals surface area contributed by atoms with E-state index in [-0.39, 0.29) is 12.5 Å². The summed E-state index contributed by atoms with van der Waals surface area (Å²) in [7, 11) is -3.44. The molecule has 5 nitrogen and oxygen atoms in total. The molecule has 0 spiro atoms. The van der Waals surface area contributed by atoms with E-state index in [1.807, 2.05) is 35.2 Å². The van der Waals surface area contributed by atoms with Gasteiger partial charge in [-0.05, 0) is 48.6 Å². The summed E-state index contributed by atoms with van der Waals surface area (Å²) in [6.45, 7) is 3.99. The molecule has 6 heteroatoms. The minimum absolute atomic E-state index is 0.0158. The number of carbonyl (C=O) groups is 1. The molecule has 0 bridgehead atoms. The van der Waals surface area contributed by atoms with E-state index in [1.165, 1.54) is 10.6 Å². The van der Waals surface area contributed by atoms with Crippen LogP contribution in [0.1, 0.15) is 35.7 Å². The number of hydrogen-bond acceptors (Lipinski definition) is 3. The fraction of sp³-hybridized carbons (Fsp3) is 0.381. The van der Waals surface area contributed by atoms with Crippen LogP contribution in [0.4, 0.5) is 5.69 Å². The number of rotatable bonds is 5. The van der Waals surface area contributed by atoms with E-state index in [0.29, 0.717) is 17.2 Å². The first-order chi connectivity index (χ1) is 12.8. The number of sulfonamides is 1. The molecule has 0 N–H and O–H groups in total. The number of benzene rings is 2. The Morgan fingerprint density at radius 1 is 1.11 bits per heavy atom. The number of piperidine rings is 1. The van der Waals surface area contributed by atoms with Gasteiger partial charge in [-0.25, -0.2) is 8.42 Å². The average Bonchev–Trinajstić information content (AvgIpc) is 2.66. The largest absolute Gasteiger partial charge is 0.338 e. The van der Waals surface area contributed by atoms with Crippen molar-refractivity contribution in [2.75, 3.05) is 23.7 Å². The molecule has 3 rings (SSSR count). The first-order valence-corrected chi connectivity index (χ1v) is 11.1. The fourth-order valence-corrected chi connectivity index (χ4v) is 4.36. The second kappa shape index (κ2) is 8.13. The molecule has 2 aromatic carbocycles. The molecular formula is C21H26N2O3S. The lowest BCUT2D eigenvalue weighted by atomic mass is 9.99. The van der Waals surface area contributed by atoms with E-state index in [0.717, 1.165) is 31.5 Å². The molecule has 1 atom stereocenters. The molecule has 0 radical (unpaired) electrons. The molecule has 144 valence electrons. The smallest absolute Gasteiger partial charge is 0.253 e. The third-order valence-electron chi connectivity index (χ3n) is 4.92. The third kappa shape index (κ3) is 4.89. The van der Waals surface area contributed by atoms with Gasteiger partial charge in [-0.1, -0.05) is 37.3 Å². The highest BCUT2D eigenvalue weighted by atomic mass is 32.2. The van der Waals surface area contributed by atoms with Gasteiger partial charge in [0.15, 0.2) is 0 Å². The predicted molar refractivity (Wildman–Crippen MR) is 108 cm³/mol. The highest BCUT2D eigenvalue weighted by molar-refractivity contribution is 7.92. The van der Waals surface area contributed by atoms with Crippen LogP contribution in [0.25, 0.3) is 0 Å². The van der Waals surface area contributed by atoms with Crippen LogP contribution < -0.4 is 4.31 Å². The molecule has 27 heavy (non-hydrogen) atoms. The number of hydrogen-bond donors (Lipinski definition) is 0. The van der Waals surface area contributed by atoms with Crippen molar-refractivity contribution in [3.05, 3.63) is 65.7 Å². The lowest BCUT2D eigenvalue weighted by molar-refractivity contribution is 0.0683. The Morgan fingerprint density at radius 2 is 1.78 bits per heavy atom. The van der Waals surface area contributed by atoms with Crippen molar-refractivity contribution in [3.63, 3.8) is 0 Å². The maximum absolute atomic E-state index is 12.7. The van der Waals surface area contributed by atoms with Crippen LogP contribution in [0.3, 0.4) is 0 Å². The zero-order valence-corrected chi connectivity index (χ0v) is 16.7. The highest BCUT2D eigenvalue weighted by Gasteiger charge is 2.23. The van der Waals surface area contributed by atoms with Crippen molar-refractivity contribution >= 4 is 21.6 Å². The summed E-state index contributed by atoms with van der Waals surface area (Å²) in [6.07, 6.45) is 3.39. The molecular weight excluding hydrogens is 360 g/mol. The topological polar surface area (TPSA) is 57.7 Å². The molecule has 1 heterocycles. The van der Waals surface area contributed by atoms with E-state index in [1.54, 1.807) is 24.3 Å². The van der Waals surface area contributed by atoms with Gasteiger partial charge in [-0.15, -0.1) is 0 Å². The van der Waals surface area contributed by atoms with Crippen molar-refractivity contribution in [1.29, 1.82) is 0 Å². The second-order valence-electron chi connectivity index (χ2n) is 7.30. The number of amides is 1. The third-order valence-corrected chi connectivity index (χ3v) is 6.06. The Bertz CT molecular complexity index is 879. The molecule has 0 saturated carbocycles. The summed E-state index contributed by atoms with van der Waals surface area (Å²) in [4.78, 5) is 14.6. The van der Waals surface area contributed by atoms with Crippen LogP contribution in [0.5, 0.6) is 0 Å². The van der Waals surface area contributed by atoms with Gasteiger partial charge in [0, 0.05) is 18.7 Å². The fourth-order valence-electron chi connectivity index (χ4n) is 3.48. The van der Waals surface area contributed by atoms with Gasteiger partial charge in [-0.2, -0.15) is 0 Å². The molecule has 0 aromatic heterocycles. The van der Waals surface area contributed by atoms with Crippen molar-refractivity contribution in [2.45, 2.75) is 26.3 Å². The summed E-state index contributed by atoms with van der Waals surface area (Å²) in [5, 5.41) is 0. The molecule has 1 fully saturated rings. The summed E-state index contributed by atoms with van der Waals surface area (Å²) < 4.78 is 25.9. The van der Waals surface area contributed by atoms with Crippen LogP contribution >= 0.6 is 0 Å². The van der Waals surface area contributed by atoms with Crippen LogP contribution in [0, 0.1) is 5.92 Å². The van der Waals surface area contributed by atoms with Crippen molar-refractivity contribution < 1.29 is 13.2 Å². The van der Waals surface area contributed by atoms with Crippen LogP contribution in [0.15, 0.2) is 54.6 Å². The Labute approximate surface area is 161 Å². The number of carbonyl (C=O) groups excluding carboxylic acids is 1. The Balaban J connectivity index is 1.80. The SMILES string of the molecule is C[C@@H]1CCCN(C(=O)c2ccc(N(Cc3ccccc3)S(C)(=O)=O)cc2)C1.